The average Bonchev–Trinajstić information content (AvgIpc) is 1.89. The number of halogens is 1. The Labute approximate surface area is 68.2 Å². The van der Waals surface area contributed by atoms with Gasteiger partial charge in [0.15, 0.2) is 0 Å². The zero-order chi connectivity index (χ0) is 6.69. The summed E-state index contributed by atoms with van der Waals surface area (Å²) < 4.78 is 0. The largest absolute Gasteiger partial charge is 0.393 e. The first kappa shape index (κ1) is 10.2. The third kappa shape index (κ3) is 2.45. The maximum atomic E-state index is 9.29. The fourth-order valence-electron chi connectivity index (χ4n) is 1.46. The number of nitrogens with two attached hydrogens (primary N) is 1. The third-order valence-electron chi connectivity index (χ3n) is 2.17. The molecule has 3 heteroatoms. The van der Waals surface area contributed by atoms with Gasteiger partial charge in [-0.15, -0.1) is 12.4 Å². The number of aliphatic hydroxyl groups is 1. The SMILES string of the molecule is Cl.NC[C@@H]1CCCC[C@@H]1O. The van der Waals surface area contributed by atoms with Crippen molar-refractivity contribution < 1.29 is 5.11 Å². The van der Waals surface area contributed by atoms with Crippen molar-refractivity contribution in [2.75, 3.05) is 6.54 Å². The summed E-state index contributed by atoms with van der Waals surface area (Å²) in [7, 11) is 0. The van der Waals surface area contributed by atoms with Crippen LogP contribution in [0.25, 0.3) is 0 Å². The molecule has 0 unspecified atom stereocenters. The molecule has 1 rings (SSSR count). The van der Waals surface area contributed by atoms with Crippen molar-refractivity contribution in [3.05, 3.63) is 0 Å². The van der Waals surface area contributed by atoms with Crippen LogP contribution in [0.1, 0.15) is 25.7 Å². The Hall–Kier alpha value is 0.210. The lowest BCUT2D eigenvalue weighted by molar-refractivity contribution is 0.0743. The summed E-state index contributed by atoms with van der Waals surface area (Å²) in [5, 5.41) is 9.29. The highest BCUT2D eigenvalue weighted by atomic mass is 35.5. The van der Waals surface area contributed by atoms with Crippen LogP contribution in [0.5, 0.6) is 0 Å². The summed E-state index contributed by atoms with van der Waals surface area (Å²) in [6.45, 7) is 0.654. The fraction of sp³-hybridized carbons (Fsp3) is 1.00. The lowest BCUT2D eigenvalue weighted by atomic mass is 9.87. The first-order chi connectivity index (χ1) is 4.34. The van der Waals surface area contributed by atoms with Crippen LogP contribution in [-0.4, -0.2) is 17.8 Å². The van der Waals surface area contributed by atoms with Gasteiger partial charge in [0.25, 0.3) is 0 Å². The van der Waals surface area contributed by atoms with E-state index in [1.165, 1.54) is 12.8 Å². The van der Waals surface area contributed by atoms with Crippen LogP contribution in [0.15, 0.2) is 0 Å². The summed E-state index contributed by atoms with van der Waals surface area (Å²) >= 11 is 0. The minimum Gasteiger partial charge on any atom is -0.393 e. The number of rotatable bonds is 1. The van der Waals surface area contributed by atoms with Gasteiger partial charge in [-0.25, -0.2) is 0 Å². The first-order valence-corrected chi connectivity index (χ1v) is 3.72. The second-order valence-corrected chi connectivity index (χ2v) is 2.85. The Morgan fingerprint density at radius 2 is 1.90 bits per heavy atom. The second kappa shape index (κ2) is 4.94. The van der Waals surface area contributed by atoms with Crippen LogP contribution in [0.3, 0.4) is 0 Å². The van der Waals surface area contributed by atoms with E-state index in [4.69, 9.17) is 5.73 Å². The highest BCUT2D eigenvalue weighted by Gasteiger charge is 2.20. The molecule has 62 valence electrons. The van der Waals surface area contributed by atoms with Gasteiger partial charge in [0.2, 0.25) is 0 Å². The van der Waals surface area contributed by atoms with E-state index in [9.17, 15) is 5.11 Å². The molecule has 1 aliphatic carbocycles. The summed E-state index contributed by atoms with van der Waals surface area (Å²) in [4.78, 5) is 0. The zero-order valence-corrected chi connectivity index (χ0v) is 6.94. The molecule has 0 aromatic rings. The number of aliphatic hydroxyl groups excluding tert-OH is 1. The van der Waals surface area contributed by atoms with Gasteiger partial charge in [0, 0.05) is 0 Å². The van der Waals surface area contributed by atoms with Gasteiger partial charge in [0.05, 0.1) is 6.10 Å². The van der Waals surface area contributed by atoms with E-state index in [1.54, 1.807) is 0 Å². The van der Waals surface area contributed by atoms with E-state index in [1.807, 2.05) is 0 Å². The number of hydrogen-bond donors (Lipinski definition) is 2. The molecule has 0 amide bonds. The minimum atomic E-state index is -0.108. The fourth-order valence-corrected chi connectivity index (χ4v) is 1.46. The van der Waals surface area contributed by atoms with Gasteiger partial charge >= 0.3 is 0 Å². The molecule has 1 saturated carbocycles. The maximum Gasteiger partial charge on any atom is 0.0580 e. The van der Waals surface area contributed by atoms with Crippen molar-refractivity contribution in [1.29, 1.82) is 0 Å². The van der Waals surface area contributed by atoms with E-state index >= 15 is 0 Å². The normalized spacial score (nSPS) is 33.0. The molecule has 2 atom stereocenters. The summed E-state index contributed by atoms with van der Waals surface area (Å²) in [5.74, 6) is 0.388. The predicted molar refractivity (Wildman–Crippen MR) is 44.3 cm³/mol. The topological polar surface area (TPSA) is 46.2 Å². The third-order valence-corrected chi connectivity index (χ3v) is 2.17. The van der Waals surface area contributed by atoms with Gasteiger partial charge in [-0.3, -0.25) is 0 Å². The van der Waals surface area contributed by atoms with Gasteiger partial charge in [-0.2, -0.15) is 0 Å². The van der Waals surface area contributed by atoms with Gasteiger partial charge < -0.3 is 10.8 Å². The minimum absolute atomic E-state index is 0. The molecule has 0 radical (unpaired) electrons. The van der Waals surface area contributed by atoms with Crippen molar-refractivity contribution in [2.45, 2.75) is 31.8 Å². The predicted octanol–water partition coefficient (Wildman–Crippen LogP) is 0.918. The molecule has 0 aromatic heterocycles. The summed E-state index contributed by atoms with van der Waals surface area (Å²) in [5.41, 5.74) is 5.43. The first-order valence-electron chi connectivity index (χ1n) is 3.72. The van der Waals surface area contributed by atoms with Crippen molar-refractivity contribution in [1.82, 2.24) is 0 Å². The smallest absolute Gasteiger partial charge is 0.0580 e. The molecule has 0 bridgehead atoms. The van der Waals surface area contributed by atoms with Crippen molar-refractivity contribution >= 4 is 12.4 Å². The highest BCUT2D eigenvalue weighted by Crippen LogP contribution is 2.22. The van der Waals surface area contributed by atoms with Crippen LogP contribution in [0.4, 0.5) is 0 Å². The Morgan fingerprint density at radius 3 is 2.30 bits per heavy atom. The second-order valence-electron chi connectivity index (χ2n) is 2.85. The van der Waals surface area contributed by atoms with Gasteiger partial charge in [0.1, 0.15) is 0 Å². The molecular formula is C7H16ClNO. The molecule has 2 nitrogen and oxygen atoms in total. The quantitative estimate of drug-likeness (QED) is 0.607. The van der Waals surface area contributed by atoms with Crippen LogP contribution in [-0.2, 0) is 0 Å². The Kier molecular flexibility index (Phi) is 5.04. The summed E-state index contributed by atoms with van der Waals surface area (Å²) in [6, 6.07) is 0. The maximum absolute atomic E-state index is 9.29. The molecule has 0 aliphatic heterocycles. The molecule has 1 fully saturated rings. The van der Waals surface area contributed by atoms with Gasteiger partial charge in [-0.05, 0) is 25.3 Å². The molecule has 0 saturated heterocycles. The van der Waals surface area contributed by atoms with E-state index in [-0.39, 0.29) is 18.5 Å². The number of hydrogen-bond acceptors (Lipinski definition) is 2. The van der Waals surface area contributed by atoms with Crippen LogP contribution in [0.2, 0.25) is 0 Å². The lowest BCUT2D eigenvalue weighted by Gasteiger charge is -2.25. The molecular weight excluding hydrogens is 150 g/mol. The zero-order valence-electron chi connectivity index (χ0n) is 6.12. The van der Waals surface area contributed by atoms with Crippen molar-refractivity contribution in [2.24, 2.45) is 11.7 Å². The molecule has 1 aliphatic rings. The molecule has 3 N–H and O–H groups in total. The van der Waals surface area contributed by atoms with Gasteiger partial charge in [-0.1, -0.05) is 12.8 Å². The molecule has 0 spiro atoms. The lowest BCUT2D eigenvalue weighted by Crippen LogP contribution is -2.30. The van der Waals surface area contributed by atoms with E-state index in [0.717, 1.165) is 12.8 Å². The molecule has 0 aromatic carbocycles. The standard InChI is InChI=1S/C7H15NO.ClH/c8-5-6-3-1-2-4-7(6)9;/h6-7,9H,1-5,8H2;1H/t6-,7-;/m0./s1. The Bertz CT molecular complexity index is 89.7. The molecule has 0 heterocycles. The van der Waals surface area contributed by atoms with Crippen LogP contribution >= 0.6 is 12.4 Å². The highest BCUT2D eigenvalue weighted by molar-refractivity contribution is 5.85. The van der Waals surface area contributed by atoms with E-state index in [0.29, 0.717) is 12.5 Å². The van der Waals surface area contributed by atoms with Crippen molar-refractivity contribution in [3.63, 3.8) is 0 Å². The van der Waals surface area contributed by atoms with Crippen LogP contribution in [0, 0.1) is 5.92 Å². The van der Waals surface area contributed by atoms with E-state index < -0.39 is 0 Å². The Morgan fingerprint density at radius 1 is 1.30 bits per heavy atom. The molecule has 10 heavy (non-hydrogen) atoms. The monoisotopic (exact) mass is 165 g/mol. The average molecular weight is 166 g/mol. The Balaban J connectivity index is 0.000000810. The van der Waals surface area contributed by atoms with Crippen LogP contribution < -0.4 is 5.73 Å². The van der Waals surface area contributed by atoms with E-state index in [2.05, 4.69) is 0 Å². The summed E-state index contributed by atoms with van der Waals surface area (Å²) in [6.07, 6.45) is 4.40. The van der Waals surface area contributed by atoms with Crippen molar-refractivity contribution in [3.8, 4) is 0 Å².